The molecule has 0 saturated heterocycles. The first kappa shape index (κ1) is 19.9. The molecule has 0 unspecified atom stereocenters. The molecule has 0 aliphatic carbocycles. The van der Waals surface area contributed by atoms with Crippen molar-refractivity contribution in [2.45, 2.75) is 19.8 Å². The van der Waals surface area contributed by atoms with Crippen molar-refractivity contribution in [3.05, 3.63) is 24.3 Å². The van der Waals surface area contributed by atoms with Crippen molar-refractivity contribution in [1.29, 1.82) is 0 Å². The molecule has 22 heavy (non-hydrogen) atoms. The molecule has 0 fully saturated rings. The molecule has 0 rings (SSSR count). The van der Waals surface area contributed by atoms with Gasteiger partial charge in [-0.05, 0) is 12.8 Å². The van der Waals surface area contributed by atoms with Crippen molar-refractivity contribution in [1.82, 2.24) is 0 Å². The molecule has 1 N–H and O–H groups in total. The van der Waals surface area contributed by atoms with Gasteiger partial charge in [-0.2, -0.15) is 0 Å². The zero-order valence-electron chi connectivity index (χ0n) is 13.0. The highest BCUT2D eigenvalue weighted by Gasteiger charge is 2.46. The summed E-state index contributed by atoms with van der Waals surface area (Å²) in [7, 11) is 2.36. The first-order chi connectivity index (χ1) is 10.4. The second-order valence-corrected chi connectivity index (χ2v) is 4.40. The Morgan fingerprint density at radius 2 is 1.45 bits per heavy atom. The van der Waals surface area contributed by atoms with Gasteiger partial charge in [-0.15, -0.1) is 0 Å². The van der Waals surface area contributed by atoms with E-state index in [4.69, 9.17) is 19.3 Å². The Kier molecular flexibility index (Phi) is 9.53. The van der Waals surface area contributed by atoms with E-state index in [0.29, 0.717) is 0 Å². The lowest BCUT2D eigenvalue weighted by Gasteiger charge is -2.25. The quantitative estimate of drug-likeness (QED) is 0.290. The van der Waals surface area contributed by atoms with Gasteiger partial charge in [0.1, 0.15) is 6.61 Å². The molecule has 0 aromatic heterocycles. The average molecular weight is 314 g/mol. The van der Waals surface area contributed by atoms with E-state index in [2.05, 4.69) is 0 Å². The summed E-state index contributed by atoms with van der Waals surface area (Å²) in [4.78, 5) is 34.8. The Hall–Kier alpha value is -2.15. The fourth-order valence-electron chi connectivity index (χ4n) is 1.77. The van der Waals surface area contributed by atoms with Gasteiger partial charge in [-0.1, -0.05) is 24.3 Å². The minimum Gasteiger partial charge on any atom is -0.468 e. The number of hydrogen-bond donors (Lipinski definition) is 1. The Morgan fingerprint density at radius 1 is 0.955 bits per heavy atom. The Balaban J connectivity index is 5.17. The van der Waals surface area contributed by atoms with Crippen LogP contribution in [0.3, 0.4) is 0 Å². The number of methoxy groups -OCH3 is 2. The van der Waals surface area contributed by atoms with Crippen LogP contribution >= 0.6 is 0 Å². The monoisotopic (exact) mass is 314 g/mol. The van der Waals surface area contributed by atoms with Crippen LogP contribution in [-0.4, -0.2) is 50.4 Å². The first-order valence-electron chi connectivity index (χ1n) is 6.65. The van der Waals surface area contributed by atoms with Gasteiger partial charge < -0.3 is 19.3 Å². The fraction of sp³-hybridized carbons (Fsp3) is 0.533. The number of allylic oxidation sites excluding steroid dienone is 2. The van der Waals surface area contributed by atoms with Gasteiger partial charge in [-0.3, -0.25) is 14.4 Å². The van der Waals surface area contributed by atoms with E-state index in [1.165, 1.54) is 39.4 Å². The van der Waals surface area contributed by atoms with Crippen molar-refractivity contribution >= 4 is 17.9 Å². The molecule has 0 saturated carbocycles. The molecule has 0 spiro atoms. The molecule has 7 nitrogen and oxygen atoms in total. The highest BCUT2D eigenvalue weighted by Crippen LogP contribution is 2.31. The number of esters is 3. The highest BCUT2D eigenvalue weighted by atomic mass is 16.5. The van der Waals surface area contributed by atoms with E-state index in [0.717, 1.165) is 0 Å². The smallest absolute Gasteiger partial charge is 0.323 e. The van der Waals surface area contributed by atoms with Crippen LogP contribution in [0.2, 0.25) is 0 Å². The van der Waals surface area contributed by atoms with Crippen LogP contribution in [0, 0.1) is 5.41 Å². The second-order valence-electron chi connectivity index (χ2n) is 4.40. The van der Waals surface area contributed by atoms with E-state index in [1.54, 1.807) is 6.08 Å². The molecule has 0 amide bonds. The molecular formula is C15H22O7. The van der Waals surface area contributed by atoms with Crippen LogP contribution in [0.4, 0.5) is 0 Å². The molecule has 0 bridgehead atoms. The van der Waals surface area contributed by atoms with Crippen LogP contribution in [-0.2, 0) is 28.6 Å². The number of hydrogen-bond acceptors (Lipinski definition) is 7. The molecule has 0 aliphatic rings. The SMILES string of the molecule is COC(=O)C(C/C=C\COC(C)=O)(C/C=C/CO)C(=O)OC. The number of aliphatic hydroxyl groups is 1. The lowest BCUT2D eigenvalue weighted by molar-refractivity contribution is -0.168. The minimum atomic E-state index is -1.54. The molecule has 0 aromatic carbocycles. The van der Waals surface area contributed by atoms with Crippen LogP contribution in [0.5, 0.6) is 0 Å². The van der Waals surface area contributed by atoms with Gasteiger partial charge in [0, 0.05) is 6.92 Å². The van der Waals surface area contributed by atoms with Crippen molar-refractivity contribution in [2.75, 3.05) is 27.4 Å². The lowest BCUT2D eigenvalue weighted by Crippen LogP contribution is -2.40. The van der Waals surface area contributed by atoms with E-state index < -0.39 is 23.3 Å². The van der Waals surface area contributed by atoms with E-state index in [1.807, 2.05) is 0 Å². The summed E-state index contributed by atoms with van der Waals surface area (Å²) in [5.74, 6) is -1.90. The zero-order valence-corrected chi connectivity index (χ0v) is 13.0. The van der Waals surface area contributed by atoms with Gasteiger partial charge in [0.05, 0.1) is 20.8 Å². The van der Waals surface area contributed by atoms with Gasteiger partial charge in [-0.25, -0.2) is 0 Å². The molecule has 7 heteroatoms. The van der Waals surface area contributed by atoms with Gasteiger partial charge in [0.2, 0.25) is 0 Å². The zero-order chi connectivity index (χ0) is 17.0. The van der Waals surface area contributed by atoms with Crippen LogP contribution < -0.4 is 0 Å². The average Bonchev–Trinajstić information content (AvgIpc) is 2.51. The number of aliphatic hydroxyl groups excluding tert-OH is 1. The molecule has 124 valence electrons. The lowest BCUT2D eigenvalue weighted by atomic mass is 9.80. The summed E-state index contributed by atoms with van der Waals surface area (Å²) in [5.41, 5.74) is -1.54. The topological polar surface area (TPSA) is 99.1 Å². The number of rotatable bonds is 9. The van der Waals surface area contributed by atoms with Crippen molar-refractivity contribution < 1.29 is 33.7 Å². The molecule has 0 aromatic rings. The third kappa shape index (κ3) is 6.09. The Labute approximate surface area is 129 Å². The minimum absolute atomic E-state index is 0.0172. The summed E-state index contributed by atoms with van der Waals surface area (Å²) in [6.45, 7) is 1.11. The maximum absolute atomic E-state index is 12.1. The van der Waals surface area contributed by atoms with E-state index >= 15 is 0 Å². The van der Waals surface area contributed by atoms with Crippen molar-refractivity contribution in [3.8, 4) is 0 Å². The summed E-state index contributed by atoms with van der Waals surface area (Å²) in [6, 6.07) is 0. The fourth-order valence-corrected chi connectivity index (χ4v) is 1.77. The predicted octanol–water partition coefficient (Wildman–Crippen LogP) is 0.767. The van der Waals surface area contributed by atoms with Crippen molar-refractivity contribution in [2.24, 2.45) is 5.41 Å². The highest BCUT2D eigenvalue weighted by molar-refractivity contribution is 6.00. The molecule has 0 radical (unpaired) electrons. The Bertz CT molecular complexity index is 421. The van der Waals surface area contributed by atoms with Crippen LogP contribution in [0.15, 0.2) is 24.3 Å². The number of carbonyl (C=O) groups excluding carboxylic acids is 3. The standard InChI is InChI=1S/C15H22O7/c1-12(17)22-11-7-5-9-15(13(18)20-2,14(19)21-3)8-4-6-10-16/h4-7,16H,8-11H2,1-3H3/b6-4+,7-5-. The first-order valence-corrected chi connectivity index (χ1v) is 6.65. The normalized spacial score (nSPS) is 11.6. The van der Waals surface area contributed by atoms with Crippen molar-refractivity contribution in [3.63, 3.8) is 0 Å². The number of carbonyl (C=O) groups is 3. The molecule has 0 heterocycles. The third-order valence-electron chi connectivity index (χ3n) is 2.91. The second kappa shape index (κ2) is 10.6. The number of ether oxygens (including phenoxy) is 3. The molecule has 0 aliphatic heterocycles. The predicted molar refractivity (Wildman–Crippen MR) is 77.7 cm³/mol. The molecular weight excluding hydrogens is 292 g/mol. The maximum Gasteiger partial charge on any atom is 0.323 e. The van der Waals surface area contributed by atoms with Gasteiger partial charge in [0.15, 0.2) is 5.41 Å². The van der Waals surface area contributed by atoms with Gasteiger partial charge in [0.25, 0.3) is 0 Å². The molecule has 0 atom stereocenters. The summed E-state index contributed by atoms with van der Waals surface area (Å²) < 4.78 is 14.1. The summed E-state index contributed by atoms with van der Waals surface area (Å²) >= 11 is 0. The third-order valence-corrected chi connectivity index (χ3v) is 2.91. The van der Waals surface area contributed by atoms with Crippen LogP contribution in [0.1, 0.15) is 19.8 Å². The van der Waals surface area contributed by atoms with E-state index in [9.17, 15) is 14.4 Å². The Morgan fingerprint density at radius 3 is 1.86 bits per heavy atom. The van der Waals surface area contributed by atoms with Gasteiger partial charge >= 0.3 is 17.9 Å². The maximum atomic E-state index is 12.1. The summed E-state index contributed by atoms with van der Waals surface area (Å²) in [5, 5.41) is 8.77. The van der Waals surface area contributed by atoms with E-state index in [-0.39, 0.29) is 26.1 Å². The summed E-state index contributed by atoms with van der Waals surface area (Å²) in [6.07, 6.45) is 6.03. The van der Waals surface area contributed by atoms with Crippen LogP contribution in [0.25, 0.3) is 0 Å². The largest absolute Gasteiger partial charge is 0.468 e.